The first-order valence-corrected chi connectivity index (χ1v) is 10.8. The molecule has 2 aliphatic rings. The normalized spacial score (nSPS) is 22.0. The minimum absolute atomic E-state index is 0.0289. The van der Waals surface area contributed by atoms with Gasteiger partial charge in [0, 0.05) is 16.0 Å². The van der Waals surface area contributed by atoms with E-state index in [0.29, 0.717) is 10.6 Å². The van der Waals surface area contributed by atoms with Crippen molar-refractivity contribution >= 4 is 39.6 Å². The van der Waals surface area contributed by atoms with Crippen molar-refractivity contribution in [3.63, 3.8) is 0 Å². The molecule has 2 aliphatic heterocycles. The molecule has 142 valence electrons. The van der Waals surface area contributed by atoms with Crippen LogP contribution < -0.4 is 0 Å². The number of fused-ring (bicyclic) bond motifs is 1. The van der Waals surface area contributed by atoms with E-state index >= 15 is 0 Å². The second-order valence-electron chi connectivity index (χ2n) is 6.18. The molecule has 0 saturated carbocycles. The number of benzene rings is 1. The van der Waals surface area contributed by atoms with Gasteiger partial charge in [-0.1, -0.05) is 36.0 Å². The molecule has 3 heterocycles. The zero-order valence-corrected chi connectivity index (χ0v) is 16.0. The van der Waals surface area contributed by atoms with Gasteiger partial charge >= 0.3 is 5.97 Å². The number of thioether (sulfide) groups is 1. The van der Waals surface area contributed by atoms with Crippen molar-refractivity contribution in [2.45, 2.75) is 10.3 Å². The van der Waals surface area contributed by atoms with Gasteiger partial charge in [-0.3, -0.25) is 14.7 Å². The summed E-state index contributed by atoms with van der Waals surface area (Å²) in [5.41, 5.74) is 0.184. The SMILES string of the molecule is O=C(O)C1=C(Sc2ccccc2)CS(=O)(=O)C2/C(=C\c3ccccn3)C(=O)N12. The second kappa shape index (κ2) is 6.92. The molecule has 1 N–H and O–H groups in total. The maximum atomic E-state index is 12.9. The molecule has 0 bridgehead atoms. The summed E-state index contributed by atoms with van der Waals surface area (Å²) in [4.78, 5) is 30.3. The minimum atomic E-state index is -3.79. The van der Waals surface area contributed by atoms with Crippen LogP contribution in [0.5, 0.6) is 0 Å². The van der Waals surface area contributed by atoms with Gasteiger partial charge in [-0.25, -0.2) is 13.2 Å². The van der Waals surface area contributed by atoms with Gasteiger partial charge in [-0.05, 0) is 30.3 Å². The molecule has 7 nitrogen and oxygen atoms in total. The van der Waals surface area contributed by atoms with E-state index in [0.717, 1.165) is 16.7 Å². The van der Waals surface area contributed by atoms with E-state index in [1.165, 1.54) is 12.3 Å². The standard InChI is InChI=1S/C19H14N2O5S2/c22-17-14(10-12-6-4-5-9-20-12)18-21(17)16(19(23)24)15(11-28(18,25)26)27-13-7-2-1-3-8-13/h1-10,18H,11H2,(H,23,24)/b14-10-. The van der Waals surface area contributed by atoms with E-state index in [2.05, 4.69) is 4.98 Å². The molecule has 1 amide bonds. The van der Waals surface area contributed by atoms with Gasteiger partial charge in [-0.15, -0.1) is 0 Å². The number of pyridine rings is 1. The third-order valence-electron chi connectivity index (χ3n) is 4.32. The highest BCUT2D eigenvalue weighted by atomic mass is 32.2. The number of aliphatic carboxylic acids is 1. The van der Waals surface area contributed by atoms with Gasteiger partial charge in [0.1, 0.15) is 5.70 Å². The quantitative estimate of drug-likeness (QED) is 0.604. The molecule has 0 aliphatic carbocycles. The van der Waals surface area contributed by atoms with Crippen molar-refractivity contribution in [2.24, 2.45) is 0 Å². The predicted molar refractivity (Wildman–Crippen MR) is 104 cm³/mol. The smallest absolute Gasteiger partial charge is 0.353 e. The largest absolute Gasteiger partial charge is 0.477 e. The van der Waals surface area contributed by atoms with Crippen molar-refractivity contribution in [1.82, 2.24) is 9.88 Å². The average Bonchev–Trinajstić information content (AvgIpc) is 2.66. The second-order valence-corrected chi connectivity index (χ2v) is 9.41. The lowest BCUT2D eigenvalue weighted by molar-refractivity contribution is -0.141. The third kappa shape index (κ3) is 3.12. The Hall–Kier alpha value is -2.91. The fourth-order valence-electron chi connectivity index (χ4n) is 3.15. The van der Waals surface area contributed by atoms with Crippen LogP contribution >= 0.6 is 11.8 Å². The molecule has 28 heavy (non-hydrogen) atoms. The van der Waals surface area contributed by atoms with Gasteiger partial charge in [0.15, 0.2) is 15.2 Å². The van der Waals surface area contributed by atoms with Crippen LogP contribution in [0.4, 0.5) is 0 Å². The van der Waals surface area contributed by atoms with Crippen molar-refractivity contribution in [3.8, 4) is 0 Å². The molecule has 9 heteroatoms. The summed E-state index contributed by atoms with van der Waals surface area (Å²) in [6.45, 7) is 0. The molecule has 0 radical (unpaired) electrons. The van der Waals surface area contributed by atoms with Crippen LogP contribution in [0.25, 0.3) is 6.08 Å². The van der Waals surface area contributed by atoms with E-state index < -0.39 is 32.8 Å². The molecule has 1 saturated heterocycles. The number of aromatic nitrogens is 1. The summed E-state index contributed by atoms with van der Waals surface area (Å²) in [6, 6.07) is 13.9. The Bertz CT molecular complexity index is 1130. The average molecular weight is 414 g/mol. The van der Waals surface area contributed by atoms with Crippen LogP contribution in [0.15, 0.2) is 75.8 Å². The molecular formula is C19H14N2O5S2. The number of hydrogen-bond acceptors (Lipinski definition) is 6. The molecule has 1 fully saturated rings. The lowest BCUT2D eigenvalue weighted by Gasteiger charge is -2.45. The number of carboxylic acids is 1. The van der Waals surface area contributed by atoms with Gasteiger partial charge < -0.3 is 5.11 Å². The van der Waals surface area contributed by atoms with E-state index in [4.69, 9.17) is 0 Å². The van der Waals surface area contributed by atoms with Crippen LogP contribution in [0, 0.1) is 0 Å². The molecular weight excluding hydrogens is 400 g/mol. The minimum Gasteiger partial charge on any atom is -0.477 e. The Balaban J connectivity index is 1.77. The van der Waals surface area contributed by atoms with Gasteiger partial charge in [0.05, 0.1) is 17.0 Å². The number of carboxylic acid groups (broad SMARTS) is 1. The third-order valence-corrected chi connectivity index (χ3v) is 7.43. The summed E-state index contributed by atoms with van der Waals surface area (Å²) in [5, 5.41) is 8.38. The fraction of sp³-hybridized carbons (Fsp3) is 0.105. The summed E-state index contributed by atoms with van der Waals surface area (Å²) in [7, 11) is -3.79. The summed E-state index contributed by atoms with van der Waals surface area (Å²) >= 11 is 1.04. The summed E-state index contributed by atoms with van der Waals surface area (Å²) in [5.74, 6) is -2.41. The first kappa shape index (κ1) is 18.5. The Morgan fingerprint density at radius 2 is 1.89 bits per heavy atom. The maximum absolute atomic E-state index is 12.9. The monoisotopic (exact) mass is 414 g/mol. The van der Waals surface area contributed by atoms with Crippen molar-refractivity contribution in [1.29, 1.82) is 0 Å². The van der Waals surface area contributed by atoms with Gasteiger partial charge in [0.25, 0.3) is 5.91 Å². The highest BCUT2D eigenvalue weighted by Gasteiger charge is 2.56. The van der Waals surface area contributed by atoms with E-state index in [9.17, 15) is 23.1 Å². The number of carbonyl (C=O) groups is 2. The zero-order chi connectivity index (χ0) is 19.9. The van der Waals surface area contributed by atoms with Crippen LogP contribution in [-0.4, -0.2) is 46.4 Å². The Morgan fingerprint density at radius 3 is 2.54 bits per heavy atom. The maximum Gasteiger partial charge on any atom is 0.353 e. The Labute approximate surface area is 165 Å². The zero-order valence-electron chi connectivity index (χ0n) is 14.3. The number of carbonyl (C=O) groups excluding carboxylic acids is 1. The Kier molecular flexibility index (Phi) is 4.56. The van der Waals surface area contributed by atoms with Crippen molar-refractivity contribution in [3.05, 3.63) is 76.6 Å². The lowest BCUT2D eigenvalue weighted by Crippen LogP contribution is -2.62. The summed E-state index contributed by atoms with van der Waals surface area (Å²) in [6.07, 6.45) is 2.93. The number of β-lactam (4-membered cyclic amide) rings is 1. The summed E-state index contributed by atoms with van der Waals surface area (Å²) < 4.78 is 25.7. The number of nitrogens with zero attached hydrogens (tertiary/aromatic N) is 2. The predicted octanol–water partition coefficient (Wildman–Crippen LogP) is 2.15. The molecule has 1 aromatic heterocycles. The number of amides is 1. The Morgan fingerprint density at radius 1 is 1.18 bits per heavy atom. The van der Waals surface area contributed by atoms with Crippen LogP contribution in [0.2, 0.25) is 0 Å². The molecule has 4 rings (SSSR count). The van der Waals surface area contributed by atoms with Crippen LogP contribution in [-0.2, 0) is 19.4 Å². The van der Waals surface area contributed by atoms with Crippen LogP contribution in [0.3, 0.4) is 0 Å². The number of hydrogen-bond donors (Lipinski definition) is 1. The van der Waals surface area contributed by atoms with Crippen molar-refractivity contribution in [2.75, 3.05) is 5.75 Å². The highest BCUT2D eigenvalue weighted by molar-refractivity contribution is 8.04. The molecule has 1 aromatic carbocycles. The van der Waals surface area contributed by atoms with Gasteiger partial charge in [-0.2, -0.15) is 0 Å². The van der Waals surface area contributed by atoms with E-state index in [1.54, 1.807) is 48.5 Å². The first-order valence-electron chi connectivity index (χ1n) is 8.25. The topological polar surface area (TPSA) is 105 Å². The molecule has 1 atom stereocenters. The first-order chi connectivity index (χ1) is 13.4. The van der Waals surface area contributed by atoms with E-state index in [-0.39, 0.29) is 16.2 Å². The van der Waals surface area contributed by atoms with Crippen LogP contribution in [0.1, 0.15) is 5.69 Å². The molecule has 2 aromatic rings. The molecule has 1 unspecified atom stereocenters. The van der Waals surface area contributed by atoms with E-state index in [1.807, 2.05) is 0 Å². The van der Waals surface area contributed by atoms with Gasteiger partial charge in [0.2, 0.25) is 0 Å². The fourth-order valence-corrected chi connectivity index (χ4v) is 6.47. The lowest BCUT2D eigenvalue weighted by atomic mass is 10.0. The highest BCUT2D eigenvalue weighted by Crippen LogP contribution is 2.44. The number of sulfone groups is 1. The number of rotatable bonds is 4. The van der Waals surface area contributed by atoms with Crippen molar-refractivity contribution < 1.29 is 23.1 Å². The molecule has 0 spiro atoms.